The molecule has 0 radical (unpaired) electrons. The van der Waals surface area contributed by atoms with Crippen molar-refractivity contribution in [2.24, 2.45) is 0 Å². The molecule has 1 heterocycles. The highest BCUT2D eigenvalue weighted by molar-refractivity contribution is 5.64. The summed E-state index contributed by atoms with van der Waals surface area (Å²) in [4.78, 5) is 14.0. The van der Waals surface area contributed by atoms with Gasteiger partial charge in [0.25, 0.3) is 5.88 Å². The zero-order chi connectivity index (χ0) is 12.1. The highest BCUT2D eigenvalue weighted by atomic mass is 19.1. The number of nitrogens with zero attached hydrogens (tertiary/aromatic N) is 1. The number of aromatic nitrogens is 1. The molecule has 0 aromatic carbocycles. The van der Waals surface area contributed by atoms with Gasteiger partial charge in [0.1, 0.15) is 0 Å². The summed E-state index contributed by atoms with van der Waals surface area (Å²) in [5.41, 5.74) is 0.441. The Morgan fingerprint density at radius 2 is 2.38 bits per heavy atom. The third-order valence-corrected chi connectivity index (χ3v) is 1.66. The monoisotopic (exact) mass is 228 g/mol. The molecular weight excluding hydrogens is 215 g/mol. The number of ether oxygens (including phenoxy) is 1. The third kappa shape index (κ3) is 3.72. The second kappa shape index (κ2) is 5.29. The lowest BCUT2D eigenvalue weighted by Gasteiger charge is -2.10. The second-order valence-corrected chi connectivity index (χ2v) is 3.46. The molecule has 0 bridgehead atoms. The largest absolute Gasteiger partial charge is 0.473 e. The Labute approximate surface area is 92.3 Å². The highest BCUT2D eigenvalue weighted by Crippen LogP contribution is 2.15. The van der Waals surface area contributed by atoms with Gasteiger partial charge in [-0.2, -0.15) is 0 Å². The van der Waals surface area contributed by atoms with E-state index in [0.717, 1.165) is 0 Å². The Morgan fingerprint density at radius 1 is 1.69 bits per heavy atom. The average molecular weight is 228 g/mol. The summed E-state index contributed by atoms with van der Waals surface area (Å²) in [6.07, 6.45) is 0.0457. The lowest BCUT2D eigenvalue weighted by atomic mass is 10.3. The summed E-state index contributed by atoms with van der Waals surface area (Å²) in [7, 11) is 0. The maximum Gasteiger partial charge on any atom is 0.404 e. The van der Waals surface area contributed by atoms with E-state index in [9.17, 15) is 9.18 Å². The number of nitrogens with one attached hydrogen (secondary N) is 1. The molecule has 0 fully saturated rings. The summed E-state index contributed by atoms with van der Waals surface area (Å²) in [5.74, 6) is -0.674. The molecule has 0 aliphatic carbocycles. The Balaban J connectivity index is 2.70. The SMILES string of the molecule is CC(C)Oc1ncc(CNC(=O)O)cc1F. The zero-order valence-electron chi connectivity index (χ0n) is 9.03. The van der Waals surface area contributed by atoms with E-state index >= 15 is 0 Å². The van der Waals surface area contributed by atoms with Gasteiger partial charge in [-0.1, -0.05) is 0 Å². The van der Waals surface area contributed by atoms with Gasteiger partial charge in [0.05, 0.1) is 6.10 Å². The van der Waals surface area contributed by atoms with Gasteiger partial charge in [-0.15, -0.1) is 0 Å². The number of carboxylic acid groups (broad SMARTS) is 1. The number of rotatable bonds is 4. The number of hydrogen-bond donors (Lipinski definition) is 2. The maximum atomic E-state index is 13.4. The molecule has 2 N–H and O–H groups in total. The van der Waals surface area contributed by atoms with Gasteiger partial charge < -0.3 is 15.2 Å². The van der Waals surface area contributed by atoms with Gasteiger partial charge in [0, 0.05) is 12.7 Å². The van der Waals surface area contributed by atoms with Crippen LogP contribution in [0.3, 0.4) is 0 Å². The van der Waals surface area contributed by atoms with Gasteiger partial charge in [-0.3, -0.25) is 0 Å². The molecule has 6 heteroatoms. The molecule has 0 aliphatic rings. The molecule has 1 aromatic rings. The summed E-state index contributed by atoms with van der Waals surface area (Å²) < 4.78 is 18.5. The van der Waals surface area contributed by atoms with Crippen molar-refractivity contribution >= 4 is 6.09 Å². The highest BCUT2D eigenvalue weighted by Gasteiger charge is 2.08. The minimum Gasteiger partial charge on any atom is -0.473 e. The molecule has 1 aromatic heterocycles. The van der Waals surface area contributed by atoms with Gasteiger partial charge in [0.2, 0.25) is 0 Å². The van der Waals surface area contributed by atoms with Crippen LogP contribution in [0.2, 0.25) is 0 Å². The molecule has 1 rings (SSSR count). The number of carbonyl (C=O) groups is 1. The first kappa shape index (κ1) is 12.2. The maximum absolute atomic E-state index is 13.4. The van der Waals surface area contributed by atoms with Crippen molar-refractivity contribution < 1.29 is 19.0 Å². The predicted octanol–water partition coefficient (Wildman–Crippen LogP) is 1.78. The van der Waals surface area contributed by atoms with E-state index in [4.69, 9.17) is 9.84 Å². The van der Waals surface area contributed by atoms with Crippen molar-refractivity contribution in [2.45, 2.75) is 26.5 Å². The van der Waals surface area contributed by atoms with Crippen LogP contribution in [0.25, 0.3) is 0 Å². The average Bonchev–Trinajstić information content (AvgIpc) is 2.18. The van der Waals surface area contributed by atoms with Crippen molar-refractivity contribution in [1.82, 2.24) is 10.3 Å². The normalized spacial score (nSPS) is 10.2. The first-order chi connectivity index (χ1) is 7.49. The fourth-order valence-electron chi connectivity index (χ4n) is 1.05. The first-order valence-corrected chi connectivity index (χ1v) is 4.77. The van der Waals surface area contributed by atoms with Crippen LogP contribution < -0.4 is 10.1 Å². The first-order valence-electron chi connectivity index (χ1n) is 4.77. The Morgan fingerprint density at radius 3 is 2.88 bits per heavy atom. The fourth-order valence-corrected chi connectivity index (χ4v) is 1.05. The summed E-state index contributed by atoms with van der Waals surface area (Å²) >= 11 is 0. The second-order valence-electron chi connectivity index (χ2n) is 3.46. The topological polar surface area (TPSA) is 71.5 Å². The predicted molar refractivity (Wildman–Crippen MR) is 54.8 cm³/mol. The van der Waals surface area contributed by atoms with Crippen LogP contribution in [0.4, 0.5) is 9.18 Å². The van der Waals surface area contributed by atoms with Crippen molar-refractivity contribution in [3.63, 3.8) is 0 Å². The number of halogens is 1. The van der Waals surface area contributed by atoms with E-state index in [1.54, 1.807) is 13.8 Å². The van der Waals surface area contributed by atoms with Crippen molar-refractivity contribution in [3.8, 4) is 5.88 Å². The molecule has 0 atom stereocenters. The molecule has 16 heavy (non-hydrogen) atoms. The zero-order valence-corrected chi connectivity index (χ0v) is 9.03. The molecular formula is C10H13FN2O3. The molecule has 88 valence electrons. The standard InChI is InChI=1S/C10H13FN2O3/c1-6(2)16-9-8(11)3-7(4-12-9)5-13-10(14)15/h3-4,6,13H,5H2,1-2H3,(H,14,15). The molecule has 0 spiro atoms. The lowest BCUT2D eigenvalue weighted by Crippen LogP contribution is -2.20. The molecule has 0 saturated heterocycles. The Bertz CT molecular complexity index is 382. The van der Waals surface area contributed by atoms with Crippen LogP contribution in [0.15, 0.2) is 12.3 Å². The van der Waals surface area contributed by atoms with E-state index < -0.39 is 11.9 Å². The van der Waals surface area contributed by atoms with Crippen molar-refractivity contribution in [2.75, 3.05) is 0 Å². The quantitative estimate of drug-likeness (QED) is 0.823. The van der Waals surface area contributed by atoms with Crippen LogP contribution in [0.1, 0.15) is 19.4 Å². The smallest absolute Gasteiger partial charge is 0.404 e. The number of hydrogen-bond acceptors (Lipinski definition) is 3. The molecule has 5 nitrogen and oxygen atoms in total. The molecule has 0 saturated carbocycles. The van der Waals surface area contributed by atoms with Crippen LogP contribution >= 0.6 is 0 Å². The van der Waals surface area contributed by atoms with Gasteiger partial charge in [-0.05, 0) is 25.5 Å². The van der Waals surface area contributed by atoms with Crippen LogP contribution in [0.5, 0.6) is 5.88 Å². The van der Waals surface area contributed by atoms with Crippen LogP contribution in [-0.4, -0.2) is 22.3 Å². The summed E-state index contributed by atoms with van der Waals surface area (Å²) in [6, 6.07) is 1.20. The van der Waals surface area contributed by atoms with Crippen LogP contribution in [0, 0.1) is 5.82 Å². The van der Waals surface area contributed by atoms with E-state index in [-0.39, 0.29) is 18.5 Å². The molecule has 1 amide bonds. The number of amides is 1. The number of pyridine rings is 1. The van der Waals surface area contributed by atoms with Gasteiger partial charge in [-0.25, -0.2) is 14.2 Å². The third-order valence-electron chi connectivity index (χ3n) is 1.66. The lowest BCUT2D eigenvalue weighted by molar-refractivity contribution is 0.194. The van der Waals surface area contributed by atoms with E-state index in [2.05, 4.69) is 10.3 Å². The minimum atomic E-state index is -1.16. The fraction of sp³-hybridized carbons (Fsp3) is 0.400. The summed E-state index contributed by atoms with van der Waals surface area (Å²) in [6.45, 7) is 3.54. The summed E-state index contributed by atoms with van der Waals surface area (Å²) in [5, 5.41) is 10.5. The Hall–Kier alpha value is -1.85. The van der Waals surface area contributed by atoms with Crippen molar-refractivity contribution in [3.05, 3.63) is 23.6 Å². The van der Waals surface area contributed by atoms with Crippen LogP contribution in [-0.2, 0) is 6.54 Å². The Kier molecular flexibility index (Phi) is 4.04. The van der Waals surface area contributed by atoms with E-state index in [1.165, 1.54) is 12.3 Å². The van der Waals surface area contributed by atoms with E-state index in [0.29, 0.717) is 5.56 Å². The van der Waals surface area contributed by atoms with Gasteiger partial charge in [0.15, 0.2) is 5.82 Å². The van der Waals surface area contributed by atoms with Gasteiger partial charge >= 0.3 is 6.09 Å². The molecule has 0 aliphatic heterocycles. The molecule has 0 unspecified atom stereocenters. The van der Waals surface area contributed by atoms with Crippen molar-refractivity contribution in [1.29, 1.82) is 0 Å². The minimum absolute atomic E-state index is 0.0151. The van der Waals surface area contributed by atoms with E-state index in [1.807, 2.05) is 0 Å².